The summed E-state index contributed by atoms with van der Waals surface area (Å²) in [4.78, 5) is 23.3. The maximum Gasteiger partial charge on any atom is 0.219 e. The Balaban J connectivity index is 2.84. The van der Waals surface area contributed by atoms with Crippen LogP contribution in [0.2, 0.25) is 0 Å². The van der Waals surface area contributed by atoms with E-state index in [1.165, 1.54) is 0 Å². The van der Waals surface area contributed by atoms with Crippen LogP contribution < -0.4 is 10.6 Å². The molecule has 17 heavy (non-hydrogen) atoms. The summed E-state index contributed by atoms with van der Waals surface area (Å²) < 4.78 is 0. The normalized spacial score (nSPS) is 10.0. The molecule has 0 aromatic heterocycles. The van der Waals surface area contributed by atoms with E-state index in [1.807, 2.05) is 30.9 Å². The zero-order valence-electron chi connectivity index (χ0n) is 10.1. The number of rotatable bonds is 6. The molecule has 0 atom stereocenters. The molecule has 0 fully saturated rings. The van der Waals surface area contributed by atoms with Crippen LogP contribution in [0.1, 0.15) is 18.9 Å². The molecule has 1 amide bonds. The lowest BCUT2D eigenvalue weighted by atomic mass is 10.1. The van der Waals surface area contributed by atoms with Gasteiger partial charge in [0.2, 0.25) is 5.91 Å². The first-order valence-electron chi connectivity index (χ1n) is 5.55. The molecular formula is C12H17N3O2. The highest BCUT2D eigenvalue weighted by atomic mass is 16.3. The van der Waals surface area contributed by atoms with Crippen LogP contribution in [0.25, 0.3) is 0 Å². The maximum atomic E-state index is 10.8. The van der Waals surface area contributed by atoms with Crippen LogP contribution in [-0.2, 0) is 4.79 Å². The quantitative estimate of drug-likeness (QED) is 0.767. The van der Waals surface area contributed by atoms with Gasteiger partial charge in [-0.3, -0.25) is 4.79 Å². The lowest BCUT2D eigenvalue weighted by Gasteiger charge is -2.23. The topological polar surface area (TPSA) is 75.8 Å². The lowest BCUT2D eigenvalue weighted by molar-refractivity contribution is -0.117. The Morgan fingerprint density at radius 2 is 2.18 bits per heavy atom. The minimum atomic E-state index is -0.314. The van der Waals surface area contributed by atoms with E-state index in [-0.39, 0.29) is 5.91 Å². The summed E-state index contributed by atoms with van der Waals surface area (Å²) in [5.74, 6) is -0.314. The van der Waals surface area contributed by atoms with Crippen molar-refractivity contribution >= 4 is 17.3 Å². The highest BCUT2D eigenvalue weighted by Crippen LogP contribution is 2.24. The second-order valence-electron chi connectivity index (χ2n) is 3.86. The number of nitrogens with two attached hydrogens (primary N) is 1. The van der Waals surface area contributed by atoms with E-state index < -0.39 is 0 Å². The van der Waals surface area contributed by atoms with E-state index in [0.717, 1.165) is 17.8 Å². The van der Waals surface area contributed by atoms with E-state index in [4.69, 9.17) is 5.73 Å². The van der Waals surface area contributed by atoms with Gasteiger partial charge in [-0.15, -0.1) is 4.91 Å². The minimum Gasteiger partial charge on any atom is -0.371 e. The standard InChI is InChI=1S/C12H17N3O2/c1-3-15(7-6-12(13)16)10-4-5-11(14-17)9(2)8-10/h4-5,8H,3,6-7H2,1-2H3,(H2,13,16). The molecule has 0 heterocycles. The Kier molecular flexibility index (Phi) is 4.63. The number of nitroso groups, excluding NO2 is 1. The van der Waals surface area contributed by atoms with Crippen molar-refractivity contribution in [3.63, 3.8) is 0 Å². The number of benzene rings is 1. The van der Waals surface area contributed by atoms with Gasteiger partial charge in [-0.2, -0.15) is 0 Å². The van der Waals surface area contributed by atoms with Gasteiger partial charge in [0.1, 0.15) is 5.69 Å². The first kappa shape index (κ1) is 13.2. The first-order valence-corrected chi connectivity index (χ1v) is 5.55. The van der Waals surface area contributed by atoms with Gasteiger partial charge < -0.3 is 10.6 Å². The number of hydrogen-bond acceptors (Lipinski definition) is 4. The van der Waals surface area contributed by atoms with E-state index in [9.17, 15) is 9.70 Å². The average molecular weight is 235 g/mol. The molecule has 1 rings (SSSR count). The number of anilines is 1. The molecule has 0 aliphatic heterocycles. The molecule has 0 unspecified atom stereocenters. The fourth-order valence-electron chi connectivity index (χ4n) is 1.65. The molecule has 0 aliphatic rings. The lowest BCUT2D eigenvalue weighted by Crippen LogP contribution is -2.27. The summed E-state index contributed by atoms with van der Waals surface area (Å²) in [7, 11) is 0. The number of nitrogens with zero attached hydrogens (tertiary/aromatic N) is 2. The van der Waals surface area contributed by atoms with Crippen LogP contribution >= 0.6 is 0 Å². The highest BCUT2D eigenvalue weighted by Gasteiger charge is 2.07. The molecule has 92 valence electrons. The summed E-state index contributed by atoms with van der Waals surface area (Å²) in [6.07, 6.45) is 0.320. The van der Waals surface area contributed by atoms with Crippen LogP contribution in [0.3, 0.4) is 0 Å². The van der Waals surface area contributed by atoms with E-state index >= 15 is 0 Å². The molecule has 0 radical (unpaired) electrons. The second-order valence-corrected chi connectivity index (χ2v) is 3.86. The Morgan fingerprint density at radius 3 is 2.65 bits per heavy atom. The minimum absolute atomic E-state index is 0.314. The van der Waals surface area contributed by atoms with Gasteiger partial charge in [0.05, 0.1) is 0 Å². The summed E-state index contributed by atoms with van der Waals surface area (Å²) in [6, 6.07) is 5.40. The van der Waals surface area contributed by atoms with Gasteiger partial charge in [-0.1, -0.05) is 0 Å². The fourth-order valence-corrected chi connectivity index (χ4v) is 1.65. The summed E-state index contributed by atoms with van der Waals surface area (Å²) >= 11 is 0. The van der Waals surface area contributed by atoms with Crippen molar-refractivity contribution in [1.82, 2.24) is 0 Å². The SMILES string of the molecule is CCN(CCC(N)=O)c1ccc(N=O)c(C)c1. The molecule has 5 heteroatoms. The summed E-state index contributed by atoms with van der Waals surface area (Å²) in [5, 5.41) is 2.93. The monoisotopic (exact) mass is 235 g/mol. The van der Waals surface area contributed by atoms with Crippen LogP contribution in [0, 0.1) is 11.8 Å². The molecule has 0 saturated carbocycles. The third-order valence-electron chi connectivity index (χ3n) is 2.65. The molecule has 1 aromatic carbocycles. The largest absolute Gasteiger partial charge is 0.371 e. The summed E-state index contributed by atoms with van der Waals surface area (Å²) in [5.41, 5.74) is 7.37. The molecule has 0 aliphatic carbocycles. The Bertz CT molecular complexity index is 418. The van der Waals surface area contributed by atoms with Crippen LogP contribution in [0.4, 0.5) is 11.4 Å². The van der Waals surface area contributed by atoms with Gasteiger partial charge in [0.15, 0.2) is 0 Å². The second kappa shape index (κ2) is 5.98. The van der Waals surface area contributed by atoms with Crippen LogP contribution in [0.5, 0.6) is 0 Å². The smallest absolute Gasteiger partial charge is 0.219 e. The van der Waals surface area contributed by atoms with Crippen molar-refractivity contribution in [1.29, 1.82) is 0 Å². The van der Waals surface area contributed by atoms with Crippen molar-refractivity contribution in [2.45, 2.75) is 20.3 Å². The molecular weight excluding hydrogens is 218 g/mol. The molecule has 0 saturated heterocycles. The number of aryl methyl sites for hydroxylation is 1. The predicted molar refractivity (Wildman–Crippen MR) is 68.3 cm³/mol. The highest BCUT2D eigenvalue weighted by molar-refractivity contribution is 5.74. The summed E-state index contributed by atoms with van der Waals surface area (Å²) in [6.45, 7) is 5.20. The Morgan fingerprint density at radius 1 is 1.47 bits per heavy atom. The predicted octanol–water partition coefficient (Wildman–Crippen LogP) is 2.09. The fraction of sp³-hybridized carbons (Fsp3) is 0.417. The third kappa shape index (κ3) is 3.55. The third-order valence-corrected chi connectivity index (χ3v) is 2.65. The first-order chi connectivity index (χ1) is 8.08. The Hall–Kier alpha value is -1.91. The molecule has 2 N–H and O–H groups in total. The van der Waals surface area contributed by atoms with E-state index in [1.54, 1.807) is 6.07 Å². The molecule has 0 bridgehead atoms. The van der Waals surface area contributed by atoms with E-state index in [2.05, 4.69) is 5.18 Å². The van der Waals surface area contributed by atoms with Crippen LogP contribution in [-0.4, -0.2) is 19.0 Å². The molecule has 1 aromatic rings. The van der Waals surface area contributed by atoms with Crippen molar-refractivity contribution in [3.05, 3.63) is 28.7 Å². The van der Waals surface area contributed by atoms with Gasteiger partial charge >= 0.3 is 0 Å². The number of primary amides is 1. The van der Waals surface area contributed by atoms with Gasteiger partial charge in [0.25, 0.3) is 0 Å². The van der Waals surface area contributed by atoms with Crippen molar-refractivity contribution in [2.75, 3.05) is 18.0 Å². The number of amides is 1. The molecule has 0 spiro atoms. The number of carbonyl (C=O) groups excluding carboxylic acids is 1. The zero-order chi connectivity index (χ0) is 12.8. The Labute approximate surface area is 101 Å². The van der Waals surface area contributed by atoms with Crippen molar-refractivity contribution < 1.29 is 4.79 Å². The maximum absolute atomic E-state index is 10.8. The van der Waals surface area contributed by atoms with Crippen molar-refractivity contribution in [2.24, 2.45) is 10.9 Å². The number of hydrogen-bond donors (Lipinski definition) is 1. The zero-order valence-corrected chi connectivity index (χ0v) is 10.1. The van der Waals surface area contributed by atoms with E-state index in [0.29, 0.717) is 18.7 Å². The van der Waals surface area contributed by atoms with Crippen molar-refractivity contribution in [3.8, 4) is 0 Å². The van der Waals surface area contributed by atoms with Gasteiger partial charge in [0, 0.05) is 25.2 Å². The average Bonchev–Trinajstić information content (AvgIpc) is 2.29. The van der Waals surface area contributed by atoms with Crippen LogP contribution in [0.15, 0.2) is 23.4 Å². The number of carbonyl (C=O) groups is 1. The van der Waals surface area contributed by atoms with Gasteiger partial charge in [-0.05, 0) is 42.8 Å². The molecule has 5 nitrogen and oxygen atoms in total. The van der Waals surface area contributed by atoms with Gasteiger partial charge in [-0.25, -0.2) is 0 Å².